The summed E-state index contributed by atoms with van der Waals surface area (Å²) in [5.41, 5.74) is 6.06. The predicted octanol–water partition coefficient (Wildman–Crippen LogP) is 0.110. The molecular formula is C9H10N4O2. The van der Waals surface area contributed by atoms with Crippen molar-refractivity contribution < 1.29 is 9.59 Å². The molecule has 0 unspecified atom stereocenters. The Kier molecular flexibility index (Phi) is 2.24. The monoisotopic (exact) mass is 206 g/mol. The summed E-state index contributed by atoms with van der Waals surface area (Å²) in [6.07, 6.45) is 1.81. The molecule has 0 atom stereocenters. The molecule has 3 amide bonds. The highest BCUT2D eigenvalue weighted by Crippen LogP contribution is 2.16. The molecule has 1 aliphatic heterocycles. The van der Waals surface area contributed by atoms with Crippen molar-refractivity contribution in [1.82, 2.24) is 10.3 Å². The van der Waals surface area contributed by atoms with Gasteiger partial charge in [-0.1, -0.05) is 0 Å². The smallest absolute Gasteiger partial charge is 0.328 e. The number of imide groups is 1. The largest absolute Gasteiger partial charge is 0.384 e. The van der Waals surface area contributed by atoms with E-state index in [9.17, 15) is 9.59 Å². The normalized spacial score (nSPS) is 16.4. The van der Waals surface area contributed by atoms with E-state index in [0.717, 1.165) is 0 Å². The van der Waals surface area contributed by atoms with Crippen LogP contribution in [-0.4, -0.2) is 23.5 Å². The van der Waals surface area contributed by atoms with Crippen LogP contribution >= 0.6 is 0 Å². The van der Waals surface area contributed by atoms with E-state index in [1.807, 2.05) is 0 Å². The number of urea groups is 1. The number of carbonyl (C=O) groups is 2. The van der Waals surface area contributed by atoms with Crippen molar-refractivity contribution in [1.29, 1.82) is 0 Å². The summed E-state index contributed by atoms with van der Waals surface area (Å²) in [6, 6.07) is 2.88. The Balaban J connectivity index is 2.20. The molecule has 0 radical (unpaired) electrons. The van der Waals surface area contributed by atoms with Crippen molar-refractivity contribution in [3.63, 3.8) is 0 Å². The maximum atomic E-state index is 11.4. The first-order valence-corrected chi connectivity index (χ1v) is 4.50. The van der Waals surface area contributed by atoms with Gasteiger partial charge in [0.1, 0.15) is 5.82 Å². The molecule has 0 spiro atoms. The minimum absolute atomic E-state index is 0.250. The molecule has 6 nitrogen and oxygen atoms in total. The van der Waals surface area contributed by atoms with Crippen molar-refractivity contribution in [3.05, 3.63) is 18.3 Å². The Bertz CT molecular complexity index is 401. The first kappa shape index (κ1) is 9.45. The number of nitrogens with two attached hydrogens (primary N) is 1. The number of nitrogens with one attached hydrogen (secondary N) is 1. The Hall–Kier alpha value is -2.11. The summed E-state index contributed by atoms with van der Waals surface area (Å²) in [4.78, 5) is 27.7. The molecule has 15 heavy (non-hydrogen) atoms. The van der Waals surface area contributed by atoms with Crippen molar-refractivity contribution in [2.75, 3.05) is 17.2 Å². The fourth-order valence-corrected chi connectivity index (χ4v) is 1.37. The van der Waals surface area contributed by atoms with E-state index >= 15 is 0 Å². The van der Waals surface area contributed by atoms with Crippen LogP contribution in [0.3, 0.4) is 0 Å². The highest BCUT2D eigenvalue weighted by atomic mass is 16.2. The van der Waals surface area contributed by atoms with Crippen LogP contribution in [0.5, 0.6) is 0 Å². The Morgan fingerprint density at radius 3 is 2.80 bits per heavy atom. The van der Waals surface area contributed by atoms with Crippen LogP contribution in [0.1, 0.15) is 6.42 Å². The third-order valence-corrected chi connectivity index (χ3v) is 2.14. The lowest BCUT2D eigenvalue weighted by atomic mass is 10.3. The van der Waals surface area contributed by atoms with Gasteiger partial charge in [-0.2, -0.15) is 0 Å². The van der Waals surface area contributed by atoms with Crippen LogP contribution in [0.15, 0.2) is 18.3 Å². The summed E-state index contributed by atoms with van der Waals surface area (Å²) in [6.45, 7) is 0.371. The lowest BCUT2D eigenvalue weighted by molar-refractivity contribution is -0.120. The fraction of sp³-hybridized carbons (Fsp3) is 0.222. The zero-order valence-corrected chi connectivity index (χ0v) is 7.93. The minimum Gasteiger partial charge on any atom is -0.384 e. The summed E-state index contributed by atoms with van der Waals surface area (Å²) >= 11 is 0. The van der Waals surface area contributed by atoms with E-state index in [2.05, 4.69) is 10.3 Å². The minimum atomic E-state index is -0.419. The molecular weight excluding hydrogens is 196 g/mol. The van der Waals surface area contributed by atoms with Gasteiger partial charge in [0.2, 0.25) is 5.91 Å². The molecule has 1 aliphatic rings. The van der Waals surface area contributed by atoms with Crippen molar-refractivity contribution in [2.45, 2.75) is 6.42 Å². The number of pyridine rings is 1. The molecule has 0 bridgehead atoms. The van der Waals surface area contributed by atoms with Gasteiger partial charge in [0.15, 0.2) is 0 Å². The quantitative estimate of drug-likeness (QED) is 0.682. The molecule has 1 fully saturated rings. The second-order valence-electron chi connectivity index (χ2n) is 3.20. The second kappa shape index (κ2) is 3.56. The number of aromatic nitrogens is 1. The molecule has 78 valence electrons. The Morgan fingerprint density at radius 2 is 2.20 bits per heavy atom. The van der Waals surface area contributed by atoms with Crippen LogP contribution in [0.4, 0.5) is 16.3 Å². The highest BCUT2D eigenvalue weighted by Gasteiger charge is 2.24. The molecule has 0 aliphatic carbocycles. The van der Waals surface area contributed by atoms with Crippen LogP contribution in [0.2, 0.25) is 0 Å². The summed E-state index contributed by atoms with van der Waals surface area (Å²) in [5.74, 6) is 0.145. The van der Waals surface area contributed by atoms with Crippen LogP contribution in [0.25, 0.3) is 0 Å². The summed E-state index contributed by atoms with van der Waals surface area (Å²) in [7, 11) is 0. The number of anilines is 2. The SMILES string of the molecule is Nc1ccc(N2CCC(=O)NC2=O)cn1. The summed E-state index contributed by atoms with van der Waals surface area (Å²) < 4.78 is 0. The number of hydrogen-bond acceptors (Lipinski definition) is 4. The van der Waals surface area contributed by atoms with Gasteiger partial charge in [0.25, 0.3) is 0 Å². The average molecular weight is 206 g/mol. The van der Waals surface area contributed by atoms with E-state index in [1.54, 1.807) is 12.1 Å². The van der Waals surface area contributed by atoms with E-state index in [4.69, 9.17) is 5.73 Å². The third-order valence-electron chi connectivity index (χ3n) is 2.14. The standard InChI is InChI=1S/C9H10N4O2/c10-7-2-1-6(5-11-7)13-4-3-8(14)12-9(13)15/h1-2,5H,3-4H2,(H2,10,11)(H,12,14,15). The van der Waals surface area contributed by atoms with Gasteiger partial charge < -0.3 is 5.73 Å². The van der Waals surface area contributed by atoms with E-state index in [1.165, 1.54) is 11.1 Å². The lowest BCUT2D eigenvalue weighted by Crippen LogP contribution is -2.49. The van der Waals surface area contributed by atoms with Gasteiger partial charge in [-0.15, -0.1) is 0 Å². The van der Waals surface area contributed by atoms with E-state index in [-0.39, 0.29) is 5.91 Å². The Morgan fingerprint density at radius 1 is 1.40 bits per heavy atom. The molecule has 0 saturated carbocycles. The first-order chi connectivity index (χ1) is 7.16. The fourth-order valence-electron chi connectivity index (χ4n) is 1.37. The summed E-state index contributed by atoms with van der Waals surface area (Å²) in [5, 5.41) is 2.23. The van der Waals surface area contributed by atoms with Gasteiger partial charge in [0.05, 0.1) is 11.9 Å². The predicted molar refractivity (Wildman–Crippen MR) is 54.2 cm³/mol. The average Bonchev–Trinajstić information content (AvgIpc) is 2.20. The number of nitrogens with zero attached hydrogens (tertiary/aromatic N) is 2. The van der Waals surface area contributed by atoms with Gasteiger partial charge >= 0.3 is 6.03 Å². The number of amides is 3. The maximum Gasteiger partial charge on any atom is 0.328 e. The second-order valence-corrected chi connectivity index (χ2v) is 3.20. The molecule has 3 N–H and O–H groups in total. The number of carbonyl (C=O) groups excluding carboxylic acids is 2. The lowest BCUT2D eigenvalue weighted by Gasteiger charge is -2.26. The van der Waals surface area contributed by atoms with Crippen LogP contribution in [0, 0.1) is 0 Å². The molecule has 2 heterocycles. The van der Waals surface area contributed by atoms with E-state index < -0.39 is 6.03 Å². The maximum absolute atomic E-state index is 11.4. The molecule has 0 aromatic carbocycles. The van der Waals surface area contributed by atoms with Gasteiger partial charge in [-0.25, -0.2) is 9.78 Å². The molecule has 1 aromatic heterocycles. The molecule has 6 heteroatoms. The zero-order valence-electron chi connectivity index (χ0n) is 7.93. The number of nitrogen functional groups attached to an aromatic ring is 1. The van der Waals surface area contributed by atoms with Gasteiger partial charge in [0, 0.05) is 13.0 Å². The highest BCUT2D eigenvalue weighted by molar-refractivity contribution is 6.05. The topological polar surface area (TPSA) is 88.3 Å². The zero-order chi connectivity index (χ0) is 10.8. The van der Waals surface area contributed by atoms with Crippen molar-refractivity contribution in [2.24, 2.45) is 0 Å². The van der Waals surface area contributed by atoms with Gasteiger partial charge in [-0.05, 0) is 12.1 Å². The first-order valence-electron chi connectivity index (χ1n) is 4.50. The van der Waals surface area contributed by atoms with Crippen molar-refractivity contribution in [3.8, 4) is 0 Å². The number of rotatable bonds is 1. The Labute approximate surface area is 86.1 Å². The third kappa shape index (κ3) is 1.88. The van der Waals surface area contributed by atoms with Gasteiger partial charge in [-0.3, -0.25) is 15.0 Å². The molecule has 1 saturated heterocycles. The van der Waals surface area contributed by atoms with Crippen LogP contribution in [-0.2, 0) is 4.79 Å². The van der Waals surface area contributed by atoms with Crippen LogP contribution < -0.4 is 16.0 Å². The number of hydrogen-bond donors (Lipinski definition) is 2. The molecule has 2 rings (SSSR count). The van der Waals surface area contributed by atoms with Crippen molar-refractivity contribution >= 4 is 23.4 Å². The van der Waals surface area contributed by atoms with E-state index in [0.29, 0.717) is 24.5 Å². The molecule has 1 aromatic rings.